The molecule has 20 heavy (non-hydrogen) atoms. The number of hydrogen-bond donors (Lipinski definition) is 2. The Morgan fingerprint density at radius 3 is 2.80 bits per heavy atom. The number of nitrogens with zero attached hydrogens (tertiary/aromatic N) is 2. The zero-order chi connectivity index (χ0) is 15.0. The molecule has 0 aliphatic heterocycles. The first-order chi connectivity index (χ1) is 9.27. The maximum atomic E-state index is 10.6. The minimum absolute atomic E-state index is 0.112. The number of aryl methyl sites for hydroxylation is 1. The first-order valence-corrected chi connectivity index (χ1v) is 7.34. The lowest BCUT2D eigenvalue weighted by Crippen LogP contribution is -2.62. The van der Waals surface area contributed by atoms with Crippen LogP contribution in [-0.4, -0.2) is 40.2 Å². The van der Waals surface area contributed by atoms with Crippen molar-refractivity contribution in [3.05, 3.63) is 18.0 Å². The molecule has 0 spiro atoms. The first kappa shape index (κ1) is 15.5. The van der Waals surface area contributed by atoms with Gasteiger partial charge in [-0.05, 0) is 20.3 Å². The van der Waals surface area contributed by atoms with Gasteiger partial charge in [0.1, 0.15) is 5.60 Å². The van der Waals surface area contributed by atoms with E-state index in [1.807, 2.05) is 27.1 Å². The Bertz CT molecular complexity index is 454. The monoisotopic (exact) mass is 281 g/mol. The van der Waals surface area contributed by atoms with E-state index in [1.54, 1.807) is 10.9 Å². The van der Waals surface area contributed by atoms with Gasteiger partial charge in [0.2, 0.25) is 0 Å². The zero-order valence-corrected chi connectivity index (χ0v) is 13.2. The summed E-state index contributed by atoms with van der Waals surface area (Å²) in [5, 5.41) is 18.2. The normalized spacial score (nSPS) is 27.9. The molecule has 3 atom stereocenters. The first-order valence-electron chi connectivity index (χ1n) is 7.34. The lowest BCUT2D eigenvalue weighted by atomic mass is 9.64. The Morgan fingerprint density at radius 2 is 2.30 bits per heavy atom. The van der Waals surface area contributed by atoms with Crippen molar-refractivity contribution in [2.24, 2.45) is 12.5 Å². The van der Waals surface area contributed by atoms with Crippen molar-refractivity contribution in [2.75, 3.05) is 13.2 Å². The number of nitrogens with one attached hydrogen (secondary N) is 1. The Hall–Kier alpha value is -0.910. The molecule has 1 aliphatic rings. The molecule has 0 bridgehead atoms. The fourth-order valence-corrected chi connectivity index (χ4v) is 2.84. The maximum absolute atomic E-state index is 10.6. The topological polar surface area (TPSA) is 59.3 Å². The molecule has 5 nitrogen and oxygen atoms in total. The van der Waals surface area contributed by atoms with E-state index in [0.717, 1.165) is 18.6 Å². The standard InChI is InChI=1S/C15H27N3O2/c1-6-20-13-7-12(14(13,2)3)16-10-15(4,19)11-8-17-18(5)9-11/h8-9,12-13,16,19H,6-7,10H2,1-5H3/t12-,13-,15-/m1/s1. The summed E-state index contributed by atoms with van der Waals surface area (Å²) in [6.07, 6.45) is 4.89. The molecule has 1 aliphatic carbocycles. The number of ether oxygens (including phenoxy) is 1. The average molecular weight is 281 g/mol. The second kappa shape index (κ2) is 5.47. The van der Waals surface area contributed by atoms with Crippen molar-refractivity contribution >= 4 is 0 Å². The quantitative estimate of drug-likeness (QED) is 0.828. The minimum atomic E-state index is -0.902. The highest BCUT2D eigenvalue weighted by Gasteiger charge is 2.49. The lowest BCUT2D eigenvalue weighted by Gasteiger charge is -2.52. The molecule has 1 saturated carbocycles. The molecular formula is C15H27N3O2. The molecule has 2 N–H and O–H groups in total. The van der Waals surface area contributed by atoms with Crippen molar-refractivity contribution in [3.8, 4) is 0 Å². The molecule has 1 aromatic heterocycles. The minimum Gasteiger partial charge on any atom is -0.384 e. The Balaban J connectivity index is 1.90. The zero-order valence-electron chi connectivity index (χ0n) is 13.2. The van der Waals surface area contributed by atoms with Crippen LogP contribution in [-0.2, 0) is 17.4 Å². The summed E-state index contributed by atoms with van der Waals surface area (Å²) in [4.78, 5) is 0. The third-order valence-corrected chi connectivity index (χ3v) is 4.57. The van der Waals surface area contributed by atoms with Crippen LogP contribution in [0.15, 0.2) is 12.4 Å². The van der Waals surface area contributed by atoms with E-state index in [4.69, 9.17) is 4.74 Å². The summed E-state index contributed by atoms with van der Waals surface area (Å²) in [5.74, 6) is 0. The molecule has 2 rings (SSSR count). The molecular weight excluding hydrogens is 254 g/mol. The highest BCUT2D eigenvalue weighted by molar-refractivity contribution is 5.15. The number of rotatable bonds is 6. The third kappa shape index (κ3) is 2.90. The molecule has 114 valence electrons. The fourth-order valence-electron chi connectivity index (χ4n) is 2.84. The molecule has 1 heterocycles. The van der Waals surface area contributed by atoms with E-state index in [9.17, 15) is 5.11 Å². The van der Waals surface area contributed by atoms with Crippen LogP contribution in [0.4, 0.5) is 0 Å². The predicted octanol–water partition coefficient (Wildman–Crippen LogP) is 1.42. The SMILES string of the molecule is CCO[C@@H]1C[C@@H](NC[C@@](C)(O)c2cnn(C)c2)C1(C)C. The van der Waals surface area contributed by atoms with Crippen LogP contribution in [0.1, 0.15) is 39.7 Å². The van der Waals surface area contributed by atoms with E-state index < -0.39 is 5.60 Å². The van der Waals surface area contributed by atoms with Gasteiger partial charge in [-0.15, -0.1) is 0 Å². The number of aliphatic hydroxyl groups is 1. The van der Waals surface area contributed by atoms with Gasteiger partial charge in [0.05, 0.1) is 12.3 Å². The summed E-state index contributed by atoms with van der Waals surface area (Å²) < 4.78 is 7.44. The van der Waals surface area contributed by atoms with Gasteiger partial charge in [-0.25, -0.2) is 0 Å². The smallest absolute Gasteiger partial charge is 0.102 e. The van der Waals surface area contributed by atoms with E-state index in [0.29, 0.717) is 18.7 Å². The molecule has 1 fully saturated rings. The molecule has 0 radical (unpaired) electrons. The van der Waals surface area contributed by atoms with Crippen LogP contribution < -0.4 is 5.32 Å². The summed E-state index contributed by atoms with van der Waals surface area (Å²) in [6.45, 7) is 9.56. The largest absolute Gasteiger partial charge is 0.384 e. The molecule has 5 heteroatoms. The number of aromatic nitrogens is 2. The summed E-state index contributed by atoms with van der Waals surface area (Å²) in [5.41, 5.74) is 0.0493. The van der Waals surface area contributed by atoms with Crippen molar-refractivity contribution in [1.29, 1.82) is 0 Å². The highest BCUT2D eigenvalue weighted by atomic mass is 16.5. The molecule has 0 saturated heterocycles. The van der Waals surface area contributed by atoms with Gasteiger partial charge in [0.25, 0.3) is 0 Å². The van der Waals surface area contributed by atoms with Gasteiger partial charge in [-0.3, -0.25) is 4.68 Å². The average Bonchev–Trinajstić information content (AvgIpc) is 2.80. The van der Waals surface area contributed by atoms with Crippen molar-refractivity contribution < 1.29 is 9.84 Å². The van der Waals surface area contributed by atoms with Crippen LogP contribution in [0.3, 0.4) is 0 Å². The van der Waals surface area contributed by atoms with Crippen LogP contribution in [0, 0.1) is 5.41 Å². The van der Waals surface area contributed by atoms with Gasteiger partial charge >= 0.3 is 0 Å². The van der Waals surface area contributed by atoms with E-state index in [2.05, 4.69) is 24.3 Å². The summed E-state index contributed by atoms with van der Waals surface area (Å²) in [6, 6.07) is 0.377. The molecule has 0 aromatic carbocycles. The van der Waals surface area contributed by atoms with Crippen molar-refractivity contribution in [2.45, 2.75) is 51.9 Å². The highest BCUT2D eigenvalue weighted by Crippen LogP contribution is 2.43. The van der Waals surface area contributed by atoms with Gasteiger partial charge in [0, 0.05) is 43.4 Å². The lowest BCUT2D eigenvalue weighted by molar-refractivity contribution is -0.118. The van der Waals surface area contributed by atoms with Gasteiger partial charge in [0.15, 0.2) is 0 Å². The summed E-state index contributed by atoms with van der Waals surface area (Å²) in [7, 11) is 1.86. The maximum Gasteiger partial charge on any atom is 0.102 e. The van der Waals surface area contributed by atoms with Gasteiger partial charge < -0.3 is 15.2 Å². The van der Waals surface area contributed by atoms with Crippen LogP contribution >= 0.6 is 0 Å². The molecule has 0 amide bonds. The van der Waals surface area contributed by atoms with E-state index >= 15 is 0 Å². The number of hydrogen-bond acceptors (Lipinski definition) is 4. The van der Waals surface area contributed by atoms with Crippen molar-refractivity contribution in [3.63, 3.8) is 0 Å². The van der Waals surface area contributed by atoms with Crippen LogP contribution in [0.5, 0.6) is 0 Å². The van der Waals surface area contributed by atoms with E-state index in [1.165, 1.54) is 0 Å². The second-order valence-corrected chi connectivity index (χ2v) is 6.61. The Kier molecular flexibility index (Phi) is 4.23. The Labute approximate surface area is 121 Å². The third-order valence-electron chi connectivity index (χ3n) is 4.57. The molecule has 1 aromatic rings. The van der Waals surface area contributed by atoms with Crippen LogP contribution in [0.25, 0.3) is 0 Å². The Morgan fingerprint density at radius 1 is 1.60 bits per heavy atom. The molecule has 0 unspecified atom stereocenters. The predicted molar refractivity (Wildman–Crippen MR) is 78.4 cm³/mol. The summed E-state index contributed by atoms with van der Waals surface area (Å²) >= 11 is 0. The van der Waals surface area contributed by atoms with Crippen LogP contribution in [0.2, 0.25) is 0 Å². The van der Waals surface area contributed by atoms with Crippen molar-refractivity contribution in [1.82, 2.24) is 15.1 Å². The van der Waals surface area contributed by atoms with Gasteiger partial charge in [-0.2, -0.15) is 5.10 Å². The fraction of sp³-hybridized carbons (Fsp3) is 0.800. The van der Waals surface area contributed by atoms with Gasteiger partial charge in [-0.1, -0.05) is 13.8 Å². The van der Waals surface area contributed by atoms with E-state index in [-0.39, 0.29) is 5.41 Å². The second-order valence-electron chi connectivity index (χ2n) is 6.61.